The van der Waals surface area contributed by atoms with Crippen LogP contribution in [0, 0.1) is 5.82 Å². The molecular weight excluding hydrogens is 355 g/mol. The Balaban J connectivity index is 1.68. The van der Waals surface area contributed by atoms with E-state index in [-0.39, 0.29) is 11.4 Å². The maximum absolute atomic E-state index is 14.5. The zero-order valence-electron chi connectivity index (χ0n) is 16.5. The molecule has 28 heavy (non-hydrogen) atoms. The minimum atomic E-state index is -0.592. The van der Waals surface area contributed by atoms with Crippen molar-refractivity contribution in [3.05, 3.63) is 72.0 Å². The van der Waals surface area contributed by atoms with E-state index in [1.807, 2.05) is 56.3 Å². The van der Waals surface area contributed by atoms with Crippen LogP contribution >= 0.6 is 0 Å². The Labute approximate surface area is 165 Å². The van der Waals surface area contributed by atoms with E-state index in [2.05, 4.69) is 6.07 Å². The molecule has 0 radical (unpaired) electrons. The van der Waals surface area contributed by atoms with Crippen LogP contribution in [-0.4, -0.2) is 19.3 Å². The molecule has 3 nitrogen and oxygen atoms in total. The minimum absolute atomic E-state index is 0.333. The standard InChI is InChI=1S/C24H25FO3/c1-23(2)16-24(26-3,10-11-27-23)19-13-20(25)15-22(14-19)28-21-9-8-17-6-4-5-7-18(17)12-21/h4-9,12-15H,10-11,16H2,1-3H3. The molecule has 3 aromatic carbocycles. The second-order valence-electron chi connectivity index (χ2n) is 8.02. The number of hydrogen-bond acceptors (Lipinski definition) is 3. The van der Waals surface area contributed by atoms with Crippen molar-refractivity contribution in [3.8, 4) is 11.5 Å². The maximum Gasteiger partial charge on any atom is 0.130 e. The second-order valence-corrected chi connectivity index (χ2v) is 8.02. The fourth-order valence-corrected chi connectivity index (χ4v) is 4.11. The molecule has 1 heterocycles. The topological polar surface area (TPSA) is 27.7 Å². The van der Waals surface area contributed by atoms with Crippen LogP contribution < -0.4 is 4.74 Å². The van der Waals surface area contributed by atoms with Gasteiger partial charge in [-0.1, -0.05) is 30.3 Å². The third kappa shape index (κ3) is 3.75. The highest BCUT2D eigenvalue weighted by Gasteiger charge is 2.43. The van der Waals surface area contributed by atoms with E-state index in [0.29, 0.717) is 30.9 Å². The van der Waals surface area contributed by atoms with Crippen molar-refractivity contribution < 1.29 is 18.6 Å². The summed E-state index contributed by atoms with van der Waals surface area (Å²) in [6, 6.07) is 18.8. The quantitative estimate of drug-likeness (QED) is 0.539. The molecule has 1 fully saturated rings. The van der Waals surface area contributed by atoms with Crippen LogP contribution in [0.4, 0.5) is 4.39 Å². The highest BCUT2D eigenvalue weighted by Crippen LogP contribution is 2.43. The average molecular weight is 380 g/mol. The molecule has 3 aromatic rings. The summed E-state index contributed by atoms with van der Waals surface area (Å²) < 4.78 is 32.2. The summed E-state index contributed by atoms with van der Waals surface area (Å²) in [6.07, 6.45) is 1.32. The van der Waals surface area contributed by atoms with Crippen LogP contribution in [0.15, 0.2) is 60.7 Å². The molecule has 0 N–H and O–H groups in total. The molecule has 1 aliphatic rings. The molecule has 0 aliphatic carbocycles. The van der Waals surface area contributed by atoms with E-state index in [1.165, 1.54) is 12.1 Å². The second kappa shape index (κ2) is 7.19. The molecule has 1 unspecified atom stereocenters. The number of methoxy groups -OCH3 is 1. The van der Waals surface area contributed by atoms with Gasteiger partial charge in [-0.3, -0.25) is 0 Å². The average Bonchev–Trinajstić information content (AvgIpc) is 2.66. The molecule has 1 saturated heterocycles. The lowest BCUT2D eigenvalue weighted by molar-refractivity contribution is -0.162. The lowest BCUT2D eigenvalue weighted by Gasteiger charge is -2.44. The molecule has 0 saturated carbocycles. The van der Waals surface area contributed by atoms with Gasteiger partial charge in [0.05, 0.1) is 17.8 Å². The zero-order valence-corrected chi connectivity index (χ0v) is 16.5. The third-order valence-corrected chi connectivity index (χ3v) is 5.45. The summed E-state index contributed by atoms with van der Waals surface area (Å²) in [5.41, 5.74) is -0.146. The lowest BCUT2D eigenvalue weighted by Crippen LogP contribution is -2.45. The zero-order chi connectivity index (χ0) is 19.8. The first kappa shape index (κ1) is 18.9. The van der Waals surface area contributed by atoms with Crippen molar-refractivity contribution in [2.45, 2.75) is 37.9 Å². The Hall–Kier alpha value is -2.43. The van der Waals surface area contributed by atoms with Gasteiger partial charge in [-0.2, -0.15) is 0 Å². The van der Waals surface area contributed by atoms with Gasteiger partial charge in [-0.15, -0.1) is 0 Å². The molecule has 0 aromatic heterocycles. The van der Waals surface area contributed by atoms with Gasteiger partial charge in [0.15, 0.2) is 0 Å². The Morgan fingerprint density at radius 2 is 1.71 bits per heavy atom. The van der Waals surface area contributed by atoms with Crippen molar-refractivity contribution in [1.29, 1.82) is 0 Å². The van der Waals surface area contributed by atoms with E-state index < -0.39 is 5.60 Å². The van der Waals surface area contributed by atoms with Crippen LogP contribution in [-0.2, 0) is 15.1 Å². The van der Waals surface area contributed by atoms with E-state index in [9.17, 15) is 4.39 Å². The molecule has 0 spiro atoms. The summed E-state index contributed by atoms with van der Waals surface area (Å²) >= 11 is 0. The maximum atomic E-state index is 14.5. The van der Waals surface area contributed by atoms with Crippen LogP contribution in [0.25, 0.3) is 10.8 Å². The van der Waals surface area contributed by atoms with Gasteiger partial charge in [0, 0.05) is 26.0 Å². The number of benzene rings is 3. The van der Waals surface area contributed by atoms with Gasteiger partial charge in [0.2, 0.25) is 0 Å². The van der Waals surface area contributed by atoms with Crippen molar-refractivity contribution in [2.75, 3.05) is 13.7 Å². The normalized spacial score (nSPS) is 21.6. The molecule has 0 amide bonds. The summed E-state index contributed by atoms with van der Waals surface area (Å²) in [5, 5.41) is 2.22. The molecule has 4 heteroatoms. The van der Waals surface area contributed by atoms with Crippen molar-refractivity contribution in [3.63, 3.8) is 0 Å². The van der Waals surface area contributed by atoms with Crippen LogP contribution in [0.3, 0.4) is 0 Å². The molecule has 4 rings (SSSR count). The minimum Gasteiger partial charge on any atom is -0.457 e. The van der Waals surface area contributed by atoms with E-state index in [1.54, 1.807) is 7.11 Å². The summed E-state index contributed by atoms with van der Waals surface area (Å²) in [5.74, 6) is 0.800. The van der Waals surface area contributed by atoms with E-state index in [4.69, 9.17) is 14.2 Å². The molecule has 0 bridgehead atoms. The van der Waals surface area contributed by atoms with E-state index in [0.717, 1.165) is 16.3 Å². The van der Waals surface area contributed by atoms with E-state index >= 15 is 0 Å². The number of rotatable bonds is 4. The summed E-state index contributed by atoms with van der Waals surface area (Å²) in [6.45, 7) is 4.63. The number of ether oxygens (including phenoxy) is 3. The van der Waals surface area contributed by atoms with Gasteiger partial charge < -0.3 is 14.2 Å². The smallest absolute Gasteiger partial charge is 0.130 e. The van der Waals surface area contributed by atoms with Gasteiger partial charge in [0.1, 0.15) is 17.3 Å². The molecule has 1 aliphatic heterocycles. The SMILES string of the molecule is COC1(c2cc(F)cc(Oc3ccc4ccccc4c3)c2)CCOC(C)(C)C1. The Kier molecular flexibility index (Phi) is 4.86. The van der Waals surface area contributed by atoms with Gasteiger partial charge >= 0.3 is 0 Å². The summed E-state index contributed by atoms with van der Waals surface area (Å²) in [7, 11) is 1.68. The van der Waals surface area contributed by atoms with Crippen LogP contribution in [0.1, 0.15) is 32.3 Å². The Bertz CT molecular complexity index is 998. The molecule has 1 atom stereocenters. The third-order valence-electron chi connectivity index (χ3n) is 5.45. The fraction of sp³-hybridized carbons (Fsp3) is 0.333. The first-order valence-corrected chi connectivity index (χ1v) is 9.56. The number of halogens is 1. The Morgan fingerprint density at radius 3 is 2.46 bits per heavy atom. The van der Waals surface area contributed by atoms with Crippen molar-refractivity contribution in [1.82, 2.24) is 0 Å². The first-order chi connectivity index (χ1) is 13.4. The Morgan fingerprint density at radius 1 is 0.929 bits per heavy atom. The monoisotopic (exact) mass is 380 g/mol. The predicted molar refractivity (Wildman–Crippen MR) is 108 cm³/mol. The summed E-state index contributed by atoms with van der Waals surface area (Å²) in [4.78, 5) is 0. The van der Waals surface area contributed by atoms with Crippen molar-refractivity contribution in [2.24, 2.45) is 0 Å². The highest BCUT2D eigenvalue weighted by molar-refractivity contribution is 5.83. The van der Waals surface area contributed by atoms with Gasteiger partial charge in [0.25, 0.3) is 0 Å². The molecule has 146 valence electrons. The fourth-order valence-electron chi connectivity index (χ4n) is 4.11. The first-order valence-electron chi connectivity index (χ1n) is 9.56. The number of hydrogen-bond donors (Lipinski definition) is 0. The van der Waals surface area contributed by atoms with Crippen LogP contribution in [0.5, 0.6) is 11.5 Å². The lowest BCUT2D eigenvalue weighted by atomic mass is 9.79. The van der Waals surface area contributed by atoms with Gasteiger partial charge in [-0.25, -0.2) is 4.39 Å². The highest BCUT2D eigenvalue weighted by atomic mass is 19.1. The number of fused-ring (bicyclic) bond motifs is 1. The molecular formula is C24H25FO3. The largest absolute Gasteiger partial charge is 0.457 e. The van der Waals surface area contributed by atoms with Crippen molar-refractivity contribution >= 4 is 10.8 Å². The predicted octanol–water partition coefficient (Wildman–Crippen LogP) is 6.20. The van der Waals surface area contributed by atoms with Gasteiger partial charge in [-0.05, 0) is 54.4 Å². The van der Waals surface area contributed by atoms with Crippen LogP contribution in [0.2, 0.25) is 0 Å².